The first-order valence-electron chi connectivity index (χ1n) is 7.66. The second-order valence-corrected chi connectivity index (χ2v) is 7.89. The lowest BCUT2D eigenvalue weighted by molar-refractivity contribution is -0.387. The van der Waals surface area contributed by atoms with Gasteiger partial charge < -0.3 is 5.11 Å². The zero-order valence-electron chi connectivity index (χ0n) is 14.4. The second-order valence-electron chi connectivity index (χ2n) is 5.70. The van der Waals surface area contributed by atoms with E-state index in [1.165, 1.54) is 6.07 Å². The maximum atomic E-state index is 13.1. The maximum absolute atomic E-state index is 13.1. The van der Waals surface area contributed by atoms with E-state index in [0.717, 1.165) is 31.2 Å². The summed E-state index contributed by atoms with van der Waals surface area (Å²) < 4.78 is 65.7. The number of nitro benzene ring substituents is 1. The van der Waals surface area contributed by atoms with Crippen molar-refractivity contribution in [2.24, 2.45) is 0 Å². The monoisotopic (exact) mass is 452 g/mol. The van der Waals surface area contributed by atoms with E-state index in [9.17, 15) is 41.6 Å². The van der Waals surface area contributed by atoms with E-state index in [4.69, 9.17) is 11.6 Å². The fourth-order valence-corrected chi connectivity index (χ4v) is 4.48. The maximum Gasteiger partial charge on any atom is 0.416 e. The minimum absolute atomic E-state index is 0.120. The van der Waals surface area contributed by atoms with E-state index in [0.29, 0.717) is 12.1 Å². The normalized spacial score (nSPS) is 13.0. The average molecular weight is 453 g/mol. The lowest BCUT2D eigenvalue weighted by Crippen LogP contribution is -2.43. The molecule has 29 heavy (non-hydrogen) atoms. The Morgan fingerprint density at radius 3 is 2.34 bits per heavy atom. The highest BCUT2D eigenvalue weighted by Crippen LogP contribution is 2.39. The molecule has 156 valence electrons. The van der Waals surface area contributed by atoms with Crippen molar-refractivity contribution in [2.75, 3.05) is 4.31 Å². The lowest BCUT2D eigenvalue weighted by atomic mass is 10.2. The highest BCUT2D eigenvalue weighted by atomic mass is 35.5. The summed E-state index contributed by atoms with van der Waals surface area (Å²) in [6.45, 7) is 0.894. The molecule has 2 rings (SSSR count). The number of carbonyl (C=O) groups is 1. The zero-order valence-corrected chi connectivity index (χ0v) is 16.0. The standard InChI is InChI=1S/C16H12ClF3N2O6S/c1-9(15(23)24)21(13-8-10(16(18,19)20)6-7-11(13)17)29(27,28)14-5-3-2-4-12(14)22(25)26/h2-9H,1H3,(H,23,24). The summed E-state index contributed by atoms with van der Waals surface area (Å²) in [7, 11) is -5.00. The number of hydrogen-bond donors (Lipinski definition) is 1. The van der Waals surface area contributed by atoms with E-state index in [-0.39, 0.29) is 4.31 Å². The third-order valence-electron chi connectivity index (χ3n) is 3.82. The molecule has 1 atom stereocenters. The molecule has 2 aromatic carbocycles. The molecular weight excluding hydrogens is 441 g/mol. The zero-order chi connectivity index (χ0) is 22.1. The topological polar surface area (TPSA) is 118 Å². The summed E-state index contributed by atoms with van der Waals surface area (Å²) >= 11 is 5.89. The number of nitro groups is 1. The second kappa shape index (κ2) is 7.87. The molecule has 0 amide bonds. The molecule has 0 heterocycles. The average Bonchev–Trinajstić information content (AvgIpc) is 2.62. The molecule has 0 spiro atoms. The number of nitrogens with zero attached hydrogens (tertiary/aromatic N) is 2. The van der Waals surface area contributed by atoms with Gasteiger partial charge in [-0.05, 0) is 31.2 Å². The van der Waals surface area contributed by atoms with Crippen LogP contribution in [0.4, 0.5) is 24.5 Å². The van der Waals surface area contributed by atoms with E-state index in [1.54, 1.807) is 0 Å². The van der Waals surface area contributed by atoms with Crippen molar-refractivity contribution >= 4 is 39.0 Å². The molecule has 1 unspecified atom stereocenters. The Balaban J connectivity index is 2.84. The van der Waals surface area contributed by atoms with E-state index in [2.05, 4.69) is 0 Å². The van der Waals surface area contributed by atoms with E-state index >= 15 is 0 Å². The Morgan fingerprint density at radius 2 is 1.83 bits per heavy atom. The number of benzene rings is 2. The summed E-state index contributed by atoms with van der Waals surface area (Å²) in [4.78, 5) is 20.8. The fraction of sp³-hybridized carbons (Fsp3) is 0.188. The van der Waals surface area contributed by atoms with Crippen LogP contribution in [0.5, 0.6) is 0 Å². The molecule has 1 N–H and O–H groups in total. The van der Waals surface area contributed by atoms with Crippen LogP contribution in [0.3, 0.4) is 0 Å². The highest BCUT2D eigenvalue weighted by molar-refractivity contribution is 7.93. The smallest absolute Gasteiger partial charge is 0.416 e. The molecule has 0 bridgehead atoms. The van der Waals surface area contributed by atoms with Gasteiger partial charge in [0.15, 0.2) is 4.90 Å². The van der Waals surface area contributed by atoms with Crippen molar-refractivity contribution in [3.8, 4) is 0 Å². The summed E-state index contributed by atoms with van der Waals surface area (Å²) in [5, 5.41) is 20.0. The quantitative estimate of drug-likeness (QED) is 0.524. The van der Waals surface area contributed by atoms with Crippen molar-refractivity contribution in [1.82, 2.24) is 0 Å². The van der Waals surface area contributed by atoms with Gasteiger partial charge in [-0.25, -0.2) is 13.2 Å². The molecule has 13 heteroatoms. The van der Waals surface area contributed by atoms with Gasteiger partial charge in [-0.2, -0.15) is 13.2 Å². The molecule has 8 nitrogen and oxygen atoms in total. The highest BCUT2D eigenvalue weighted by Gasteiger charge is 2.40. The number of halogens is 4. The van der Waals surface area contributed by atoms with Crippen LogP contribution in [0.15, 0.2) is 47.4 Å². The Kier molecular flexibility index (Phi) is 6.09. The van der Waals surface area contributed by atoms with Crippen molar-refractivity contribution in [3.05, 3.63) is 63.2 Å². The number of sulfonamides is 1. The minimum atomic E-state index is -5.00. The number of alkyl halides is 3. The van der Waals surface area contributed by atoms with Gasteiger partial charge in [0.05, 0.1) is 21.2 Å². The predicted molar refractivity (Wildman–Crippen MR) is 96.3 cm³/mol. The van der Waals surface area contributed by atoms with E-state index in [1.807, 2.05) is 0 Å². The molecule has 0 aromatic heterocycles. The SMILES string of the molecule is CC(C(=O)O)N(c1cc(C(F)(F)F)ccc1Cl)S(=O)(=O)c1ccccc1[N+](=O)[O-]. The van der Waals surface area contributed by atoms with Gasteiger partial charge in [-0.3, -0.25) is 14.4 Å². The van der Waals surface area contributed by atoms with Crippen LogP contribution in [0.1, 0.15) is 12.5 Å². The third kappa shape index (κ3) is 4.43. The number of aliphatic carboxylic acids is 1. The molecule has 0 aliphatic carbocycles. The fourth-order valence-electron chi connectivity index (χ4n) is 2.44. The van der Waals surface area contributed by atoms with Crippen LogP contribution in [0, 0.1) is 10.1 Å². The van der Waals surface area contributed by atoms with Crippen molar-refractivity contribution in [1.29, 1.82) is 0 Å². The minimum Gasteiger partial charge on any atom is -0.480 e. The molecule has 0 fully saturated rings. The van der Waals surface area contributed by atoms with Gasteiger partial charge in [0.2, 0.25) is 0 Å². The number of para-hydroxylation sites is 1. The summed E-state index contributed by atoms with van der Waals surface area (Å²) in [5.41, 5.74) is -2.94. The number of anilines is 1. The summed E-state index contributed by atoms with van der Waals surface area (Å²) in [6.07, 6.45) is -4.88. The first kappa shape index (κ1) is 22.4. The Bertz CT molecular complexity index is 1070. The van der Waals surface area contributed by atoms with Gasteiger partial charge in [0, 0.05) is 6.07 Å². The molecule has 0 aliphatic rings. The number of carboxylic acids is 1. The van der Waals surface area contributed by atoms with Crippen LogP contribution in [-0.2, 0) is 21.0 Å². The first-order chi connectivity index (χ1) is 13.3. The van der Waals surface area contributed by atoms with Crippen LogP contribution in [0.2, 0.25) is 5.02 Å². The van der Waals surface area contributed by atoms with Crippen molar-refractivity contribution in [3.63, 3.8) is 0 Å². The Hall–Kier alpha value is -2.86. The number of hydrogen-bond acceptors (Lipinski definition) is 5. The van der Waals surface area contributed by atoms with Gasteiger partial charge in [-0.1, -0.05) is 23.7 Å². The number of carboxylic acid groups (broad SMARTS) is 1. The molecule has 0 aliphatic heterocycles. The van der Waals surface area contributed by atoms with Gasteiger partial charge in [-0.15, -0.1) is 0 Å². The first-order valence-corrected chi connectivity index (χ1v) is 9.47. The predicted octanol–water partition coefficient (Wildman–Crippen LogP) is 3.94. The molecular formula is C16H12ClF3N2O6S. The van der Waals surface area contributed by atoms with Gasteiger partial charge in [0.1, 0.15) is 6.04 Å². The molecule has 0 saturated carbocycles. The van der Waals surface area contributed by atoms with Crippen LogP contribution in [-0.4, -0.2) is 30.5 Å². The molecule has 2 aromatic rings. The van der Waals surface area contributed by atoms with Crippen LogP contribution in [0.25, 0.3) is 0 Å². The molecule has 0 radical (unpaired) electrons. The van der Waals surface area contributed by atoms with Crippen molar-refractivity contribution in [2.45, 2.75) is 24.0 Å². The van der Waals surface area contributed by atoms with Gasteiger partial charge in [0.25, 0.3) is 15.7 Å². The number of rotatable bonds is 6. The van der Waals surface area contributed by atoms with Crippen LogP contribution < -0.4 is 4.31 Å². The Labute approximate surface area is 167 Å². The third-order valence-corrected chi connectivity index (χ3v) is 6.07. The lowest BCUT2D eigenvalue weighted by Gasteiger charge is -2.29. The van der Waals surface area contributed by atoms with Crippen LogP contribution >= 0.6 is 11.6 Å². The molecule has 0 saturated heterocycles. The van der Waals surface area contributed by atoms with Crippen molar-refractivity contribution < 1.29 is 36.4 Å². The van der Waals surface area contributed by atoms with E-state index < -0.39 is 60.0 Å². The summed E-state index contributed by atoms with van der Waals surface area (Å²) in [5.74, 6) is -1.71. The van der Waals surface area contributed by atoms with Gasteiger partial charge >= 0.3 is 12.1 Å². The Morgan fingerprint density at radius 1 is 1.24 bits per heavy atom. The largest absolute Gasteiger partial charge is 0.480 e. The summed E-state index contributed by atoms with van der Waals surface area (Å²) in [6, 6.07) is 3.83.